The molecule has 0 aromatic heterocycles. The van der Waals surface area contributed by atoms with Crippen LogP contribution in [0.2, 0.25) is 0 Å². The summed E-state index contributed by atoms with van der Waals surface area (Å²) in [5.41, 5.74) is 9.70. The van der Waals surface area contributed by atoms with Crippen LogP contribution in [0.5, 0.6) is 5.75 Å². The van der Waals surface area contributed by atoms with Gasteiger partial charge in [0.2, 0.25) is 0 Å². The number of benzene rings is 2. The Kier molecular flexibility index (Phi) is 5.17. The van der Waals surface area contributed by atoms with E-state index in [-0.39, 0.29) is 12.4 Å². The number of carbonyl (C=O) groups is 1. The minimum Gasteiger partial charge on any atom is -0.508 e. The zero-order valence-electron chi connectivity index (χ0n) is 12.9. The van der Waals surface area contributed by atoms with Crippen molar-refractivity contribution in [1.82, 2.24) is 0 Å². The molecule has 1 unspecified atom stereocenters. The Hall–Kier alpha value is -2.33. The zero-order chi connectivity index (χ0) is 16.1. The molecule has 0 fully saturated rings. The predicted octanol–water partition coefficient (Wildman–Crippen LogP) is 2.62. The van der Waals surface area contributed by atoms with Crippen LogP contribution in [0.1, 0.15) is 22.3 Å². The Balaban J connectivity index is 1.97. The van der Waals surface area contributed by atoms with Gasteiger partial charge in [-0.1, -0.05) is 30.3 Å². The van der Waals surface area contributed by atoms with E-state index in [4.69, 9.17) is 10.5 Å². The van der Waals surface area contributed by atoms with Crippen molar-refractivity contribution < 1.29 is 14.6 Å². The number of esters is 1. The molecule has 4 heteroatoms. The summed E-state index contributed by atoms with van der Waals surface area (Å²) in [6.07, 6.45) is 0.394. The molecule has 1 atom stereocenters. The molecule has 0 aliphatic carbocycles. The highest BCUT2D eigenvalue weighted by Gasteiger charge is 2.18. The molecule has 0 spiro atoms. The van der Waals surface area contributed by atoms with Crippen molar-refractivity contribution in [2.75, 3.05) is 0 Å². The zero-order valence-corrected chi connectivity index (χ0v) is 12.9. The van der Waals surface area contributed by atoms with Gasteiger partial charge >= 0.3 is 5.97 Å². The van der Waals surface area contributed by atoms with Gasteiger partial charge in [0.05, 0.1) is 0 Å². The van der Waals surface area contributed by atoms with E-state index in [9.17, 15) is 9.90 Å². The van der Waals surface area contributed by atoms with Crippen molar-refractivity contribution in [3.8, 4) is 5.75 Å². The minimum absolute atomic E-state index is 0.221. The number of nitrogens with two attached hydrogens (primary N) is 1. The number of phenols is 1. The van der Waals surface area contributed by atoms with Gasteiger partial charge < -0.3 is 15.6 Å². The van der Waals surface area contributed by atoms with Crippen LogP contribution < -0.4 is 5.73 Å². The molecule has 0 bridgehead atoms. The van der Waals surface area contributed by atoms with Crippen LogP contribution in [-0.4, -0.2) is 17.1 Å². The summed E-state index contributed by atoms with van der Waals surface area (Å²) < 4.78 is 5.25. The average molecular weight is 299 g/mol. The lowest BCUT2D eigenvalue weighted by atomic mass is 9.96. The molecule has 2 aromatic rings. The normalized spacial score (nSPS) is 12.0. The first kappa shape index (κ1) is 16.0. The second-order valence-corrected chi connectivity index (χ2v) is 5.46. The molecule has 2 rings (SSSR count). The van der Waals surface area contributed by atoms with Gasteiger partial charge in [0.15, 0.2) is 0 Å². The van der Waals surface area contributed by atoms with Crippen LogP contribution >= 0.6 is 0 Å². The van der Waals surface area contributed by atoms with Gasteiger partial charge in [-0.2, -0.15) is 0 Å². The van der Waals surface area contributed by atoms with E-state index in [1.54, 1.807) is 12.1 Å². The van der Waals surface area contributed by atoms with Crippen LogP contribution in [-0.2, 0) is 22.6 Å². The van der Waals surface area contributed by atoms with Crippen molar-refractivity contribution >= 4 is 5.97 Å². The number of phenolic OH excluding ortho intramolecular Hbond substituents is 1. The van der Waals surface area contributed by atoms with Crippen LogP contribution in [0.4, 0.5) is 0 Å². The summed E-state index contributed by atoms with van der Waals surface area (Å²) >= 11 is 0. The molecule has 0 heterocycles. The number of aromatic hydroxyl groups is 1. The predicted molar refractivity (Wildman–Crippen MR) is 85.5 cm³/mol. The van der Waals surface area contributed by atoms with E-state index in [1.165, 1.54) is 0 Å². The summed E-state index contributed by atoms with van der Waals surface area (Å²) in [7, 11) is 0. The number of rotatable bonds is 5. The number of carbonyl (C=O) groups excluding carboxylic acids is 1. The van der Waals surface area contributed by atoms with Crippen molar-refractivity contribution in [2.45, 2.75) is 32.9 Å². The largest absolute Gasteiger partial charge is 0.508 e. The quantitative estimate of drug-likeness (QED) is 0.832. The van der Waals surface area contributed by atoms with Crippen molar-refractivity contribution in [2.24, 2.45) is 5.73 Å². The van der Waals surface area contributed by atoms with E-state index in [0.29, 0.717) is 6.42 Å². The van der Waals surface area contributed by atoms with Crippen molar-refractivity contribution in [3.05, 3.63) is 64.7 Å². The lowest BCUT2D eigenvalue weighted by Crippen LogP contribution is -2.34. The summed E-state index contributed by atoms with van der Waals surface area (Å²) in [6, 6.07) is 12.1. The van der Waals surface area contributed by atoms with Crippen LogP contribution in [0.15, 0.2) is 42.5 Å². The Morgan fingerprint density at radius 3 is 2.36 bits per heavy atom. The van der Waals surface area contributed by atoms with Gasteiger partial charge in [-0.05, 0) is 54.7 Å². The molecule has 4 nitrogen and oxygen atoms in total. The maximum atomic E-state index is 12.0. The summed E-state index contributed by atoms with van der Waals surface area (Å²) in [5.74, 6) is -0.199. The highest BCUT2D eigenvalue weighted by molar-refractivity contribution is 5.76. The maximum Gasteiger partial charge on any atom is 0.323 e. The Labute approximate surface area is 130 Å². The molecule has 2 aromatic carbocycles. The Bertz CT molecular complexity index is 630. The third-order valence-corrected chi connectivity index (χ3v) is 3.63. The Morgan fingerprint density at radius 2 is 1.77 bits per heavy atom. The van der Waals surface area contributed by atoms with Gasteiger partial charge in [0, 0.05) is 0 Å². The number of hydrogen-bond acceptors (Lipinski definition) is 4. The molecular weight excluding hydrogens is 278 g/mol. The van der Waals surface area contributed by atoms with Gasteiger partial charge in [-0.15, -0.1) is 0 Å². The number of ether oxygens (including phenoxy) is 1. The highest BCUT2D eigenvalue weighted by atomic mass is 16.5. The fraction of sp³-hybridized carbons (Fsp3) is 0.278. The van der Waals surface area contributed by atoms with Crippen LogP contribution in [0.3, 0.4) is 0 Å². The highest BCUT2D eigenvalue weighted by Crippen LogP contribution is 2.22. The van der Waals surface area contributed by atoms with Gasteiger partial charge in [0.25, 0.3) is 0 Å². The monoisotopic (exact) mass is 299 g/mol. The lowest BCUT2D eigenvalue weighted by molar-refractivity contribution is -0.146. The standard InChI is InChI=1S/C18H21NO3/c1-12-8-15(20)9-13(2)16(12)10-17(19)18(21)22-11-14-6-4-3-5-7-14/h3-9,17,20H,10-11,19H2,1-2H3. The molecular formula is C18H21NO3. The SMILES string of the molecule is Cc1cc(O)cc(C)c1CC(N)C(=O)OCc1ccccc1. The van der Waals surface area contributed by atoms with E-state index in [0.717, 1.165) is 22.3 Å². The molecule has 0 amide bonds. The second kappa shape index (κ2) is 7.09. The smallest absolute Gasteiger partial charge is 0.323 e. The Morgan fingerprint density at radius 1 is 1.18 bits per heavy atom. The topological polar surface area (TPSA) is 72.5 Å². The molecule has 0 radical (unpaired) electrons. The van der Waals surface area contributed by atoms with Crippen LogP contribution in [0.25, 0.3) is 0 Å². The second-order valence-electron chi connectivity index (χ2n) is 5.46. The molecule has 22 heavy (non-hydrogen) atoms. The molecule has 116 valence electrons. The van der Waals surface area contributed by atoms with E-state index < -0.39 is 12.0 Å². The van der Waals surface area contributed by atoms with Crippen molar-refractivity contribution in [3.63, 3.8) is 0 Å². The molecule has 0 saturated carbocycles. The van der Waals surface area contributed by atoms with Crippen molar-refractivity contribution in [1.29, 1.82) is 0 Å². The third kappa shape index (κ3) is 4.09. The first-order chi connectivity index (χ1) is 10.5. The van der Waals surface area contributed by atoms with Crippen LogP contribution in [0, 0.1) is 13.8 Å². The summed E-state index contributed by atoms with van der Waals surface area (Å²) in [5, 5.41) is 9.55. The fourth-order valence-corrected chi connectivity index (χ4v) is 2.43. The first-order valence-electron chi connectivity index (χ1n) is 7.22. The minimum atomic E-state index is -0.717. The number of aryl methyl sites for hydroxylation is 2. The molecule has 0 aliphatic heterocycles. The lowest BCUT2D eigenvalue weighted by Gasteiger charge is -2.15. The third-order valence-electron chi connectivity index (χ3n) is 3.63. The fourth-order valence-electron chi connectivity index (χ4n) is 2.43. The number of hydrogen-bond donors (Lipinski definition) is 2. The molecule has 3 N–H and O–H groups in total. The molecule has 0 aliphatic rings. The van der Waals surface area contributed by atoms with Gasteiger partial charge in [-0.25, -0.2) is 0 Å². The average Bonchev–Trinajstić information content (AvgIpc) is 2.49. The van der Waals surface area contributed by atoms with E-state index >= 15 is 0 Å². The van der Waals surface area contributed by atoms with E-state index in [2.05, 4.69) is 0 Å². The maximum absolute atomic E-state index is 12.0. The summed E-state index contributed by atoms with van der Waals surface area (Å²) in [4.78, 5) is 12.0. The van der Waals surface area contributed by atoms with E-state index in [1.807, 2.05) is 44.2 Å². The first-order valence-corrected chi connectivity index (χ1v) is 7.22. The molecule has 0 saturated heterocycles. The summed E-state index contributed by atoms with van der Waals surface area (Å²) in [6.45, 7) is 4.01. The van der Waals surface area contributed by atoms with Gasteiger partial charge in [-0.3, -0.25) is 4.79 Å². The van der Waals surface area contributed by atoms with Gasteiger partial charge in [0.1, 0.15) is 18.4 Å².